The number of hydrogen-bond acceptors (Lipinski definition) is 2. The molecule has 0 saturated carbocycles. The first kappa shape index (κ1) is 7.87. The predicted octanol–water partition coefficient (Wildman–Crippen LogP) is 1.27. The molecule has 2 heteroatoms. The van der Waals surface area contributed by atoms with Crippen LogP contribution in [-0.4, -0.2) is 12.6 Å². The molecule has 0 aromatic heterocycles. The molecule has 0 heterocycles. The SMILES string of the molecule is C#CCOC(=O)C1=CCCC1. The van der Waals surface area contributed by atoms with Crippen molar-refractivity contribution >= 4 is 5.97 Å². The maximum Gasteiger partial charge on any atom is 0.334 e. The highest BCUT2D eigenvalue weighted by Gasteiger charge is 2.13. The molecule has 0 atom stereocenters. The normalized spacial score (nSPS) is 15.4. The minimum Gasteiger partial charge on any atom is -0.449 e. The van der Waals surface area contributed by atoms with Gasteiger partial charge in [0.05, 0.1) is 0 Å². The van der Waals surface area contributed by atoms with Crippen LogP contribution in [0.2, 0.25) is 0 Å². The van der Waals surface area contributed by atoms with Crippen molar-refractivity contribution in [2.24, 2.45) is 0 Å². The molecule has 1 aliphatic rings. The lowest BCUT2D eigenvalue weighted by Gasteiger charge is -1.99. The van der Waals surface area contributed by atoms with Crippen LogP contribution in [-0.2, 0) is 9.53 Å². The number of allylic oxidation sites excluding steroid dienone is 1. The Morgan fingerprint density at radius 2 is 2.64 bits per heavy atom. The van der Waals surface area contributed by atoms with Crippen LogP contribution in [0.4, 0.5) is 0 Å². The molecule has 0 unspecified atom stereocenters. The standard InChI is InChI=1S/C9H10O2/c1-2-7-11-9(10)8-5-3-4-6-8/h1,5H,3-4,6-7H2. The van der Waals surface area contributed by atoms with Crippen molar-refractivity contribution in [3.63, 3.8) is 0 Å². The van der Waals surface area contributed by atoms with Crippen LogP contribution in [0.5, 0.6) is 0 Å². The molecule has 1 aliphatic carbocycles. The summed E-state index contributed by atoms with van der Waals surface area (Å²) in [6, 6.07) is 0. The largest absolute Gasteiger partial charge is 0.449 e. The fourth-order valence-electron chi connectivity index (χ4n) is 1.06. The van der Waals surface area contributed by atoms with Gasteiger partial charge in [0.25, 0.3) is 0 Å². The first-order valence-corrected chi connectivity index (χ1v) is 3.64. The Morgan fingerprint density at radius 3 is 3.18 bits per heavy atom. The molecular weight excluding hydrogens is 140 g/mol. The lowest BCUT2D eigenvalue weighted by atomic mass is 10.2. The Bertz CT molecular complexity index is 220. The second-order valence-electron chi connectivity index (χ2n) is 2.40. The molecule has 0 bridgehead atoms. The van der Waals surface area contributed by atoms with Gasteiger partial charge >= 0.3 is 5.97 Å². The van der Waals surface area contributed by atoms with E-state index in [0.29, 0.717) is 0 Å². The van der Waals surface area contributed by atoms with E-state index in [-0.39, 0.29) is 12.6 Å². The summed E-state index contributed by atoms with van der Waals surface area (Å²) >= 11 is 0. The third-order valence-electron chi connectivity index (χ3n) is 1.59. The Hall–Kier alpha value is -1.23. The highest BCUT2D eigenvalue weighted by atomic mass is 16.5. The fourth-order valence-corrected chi connectivity index (χ4v) is 1.06. The van der Waals surface area contributed by atoms with Gasteiger partial charge in [0.1, 0.15) is 0 Å². The van der Waals surface area contributed by atoms with Crippen LogP contribution in [0, 0.1) is 12.3 Å². The number of carbonyl (C=O) groups excluding carboxylic acids is 1. The van der Waals surface area contributed by atoms with Gasteiger partial charge in [0.2, 0.25) is 0 Å². The molecule has 0 saturated heterocycles. The summed E-state index contributed by atoms with van der Waals surface area (Å²) < 4.78 is 4.73. The minimum absolute atomic E-state index is 0.0795. The second kappa shape index (κ2) is 3.82. The molecular formula is C9H10O2. The molecule has 0 N–H and O–H groups in total. The van der Waals surface area contributed by atoms with Crippen LogP contribution in [0.15, 0.2) is 11.6 Å². The zero-order chi connectivity index (χ0) is 8.10. The number of terminal acetylenes is 1. The summed E-state index contributed by atoms with van der Waals surface area (Å²) in [4.78, 5) is 11.0. The second-order valence-corrected chi connectivity index (χ2v) is 2.40. The van der Waals surface area contributed by atoms with E-state index < -0.39 is 0 Å². The highest BCUT2D eigenvalue weighted by molar-refractivity contribution is 5.88. The van der Waals surface area contributed by atoms with Crippen molar-refractivity contribution in [3.05, 3.63) is 11.6 Å². The van der Waals surface area contributed by atoms with Gasteiger partial charge in [0.15, 0.2) is 6.61 Å². The molecule has 0 aromatic carbocycles. The minimum atomic E-state index is -0.250. The maximum absolute atomic E-state index is 11.0. The molecule has 0 radical (unpaired) electrons. The van der Waals surface area contributed by atoms with Crippen molar-refractivity contribution in [1.82, 2.24) is 0 Å². The van der Waals surface area contributed by atoms with Gasteiger partial charge in [-0.25, -0.2) is 4.79 Å². The molecule has 0 spiro atoms. The van der Waals surface area contributed by atoms with Crippen LogP contribution in [0.3, 0.4) is 0 Å². The van der Waals surface area contributed by atoms with E-state index in [2.05, 4.69) is 5.92 Å². The third-order valence-corrected chi connectivity index (χ3v) is 1.59. The first-order valence-electron chi connectivity index (χ1n) is 3.64. The molecule has 2 nitrogen and oxygen atoms in total. The fraction of sp³-hybridized carbons (Fsp3) is 0.444. The van der Waals surface area contributed by atoms with Crippen molar-refractivity contribution in [1.29, 1.82) is 0 Å². The van der Waals surface area contributed by atoms with E-state index in [1.54, 1.807) is 0 Å². The molecule has 58 valence electrons. The Morgan fingerprint density at radius 1 is 1.82 bits per heavy atom. The van der Waals surface area contributed by atoms with Gasteiger partial charge in [0, 0.05) is 5.57 Å². The van der Waals surface area contributed by atoms with E-state index in [0.717, 1.165) is 24.8 Å². The zero-order valence-electron chi connectivity index (χ0n) is 6.30. The van der Waals surface area contributed by atoms with Crippen molar-refractivity contribution in [2.75, 3.05) is 6.61 Å². The molecule has 0 aliphatic heterocycles. The third kappa shape index (κ3) is 2.12. The van der Waals surface area contributed by atoms with Gasteiger partial charge in [-0.3, -0.25) is 0 Å². The number of rotatable bonds is 2. The number of ether oxygens (including phenoxy) is 1. The lowest BCUT2D eigenvalue weighted by molar-refractivity contribution is -0.137. The first-order chi connectivity index (χ1) is 5.34. The zero-order valence-corrected chi connectivity index (χ0v) is 6.30. The summed E-state index contributed by atoms with van der Waals surface area (Å²) in [5.41, 5.74) is 0.778. The maximum atomic E-state index is 11.0. The van der Waals surface area contributed by atoms with Crippen molar-refractivity contribution in [2.45, 2.75) is 19.3 Å². The Kier molecular flexibility index (Phi) is 2.74. The number of hydrogen-bond donors (Lipinski definition) is 0. The average molecular weight is 150 g/mol. The van der Waals surface area contributed by atoms with Crippen LogP contribution in [0.1, 0.15) is 19.3 Å². The summed E-state index contributed by atoms with van der Waals surface area (Å²) in [5, 5.41) is 0. The van der Waals surface area contributed by atoms with Crippen LogP contribution >= 0.6 is 0 Å². The van der Waals surface area contributed by atoms with Crippen LogP contribution < -0.4 is 0 Å². The summed E-state index contributed by atoms with van der Waals surface area (Å²) in [6.45, 7) is 0.0795. The van der Waals surface area contributed by atoms with E-state index >= 15 is 0 Å². The predicted molar refractivity (Wildman–Crippen MR) is 41.7 cm³/mol. The van der Waals surface area contributed by atoms with Gasteiger partial charge in [-0.1, -0.05) is 12.0 Å². The van der Waals surface area contributed by atoms with Crippen molar-refractivity contribution in [3.8, 4) is 12.3 Å². The molecule has 11 heavy (non-hydrogen) atoms. The van der Waals surface area contributed by atoms with E-state index in [1.165, 1.54) is 0 Å². The topological polar surface area (TPSA) is 26.3 Å². The van der Waals surface area contributed by atoms with Gasteiger partial charge < -0.3 is 4.74 Å². The molecule has 0 amide bonds. The highest BCUT2D eigenvalue weighted by Crippen LogP contribution is 2.18. The summed E-state index contributed by atoms with van der Waals surface area (Å²) in [6.07, 6.45) is 9.72. The van der Waals surface area contributed by atoms with E-state index in [1.807, 2.05) is 6.08 Å². The van der Waals surface area contributed by atoms with Crippen LogP contribution in [0.25, 0.3) is 0 Å². The Labute approximate surface area is 66.2 Å². The number of carbonyl (C=O) groups is 1. The van der Waals surface area contributed by atoms with E-state index in [9.17, 15) is 4.79 Å². The summed E-state index contributed by atoms with van der Waals surface area (Å²) in [5.74, 6) is 2.00. The molecule has 0 aromatic rings. The van der Waals surface area contributed by atoms with E-state index in [4.69, 9.17) is 11.2 Å². The summed E-state index contributed by atoms with van der Waals surface area (Å²) in [7, 11) is 0. The average Bonchev–Trinajstić information content (AvgIpc) is 2.52. The smallest absolute Gasteiger partial charge is 0.334 e. The monoisotopic (exact) mass is 150 g/mol. The number of esters is 1. The Balaban J connectivity index is 2.36. The van der Waals surface area contributed by atoms with Gasteiger partial charge in [-0.05, 0) is 19.3 Å². The van der Waals surface area contributed by atoms with Gasteiger partial charge in [-0.15, -0.1) is 6.42 Å². The molecule has 1 rings (SSSR count). The lowest BCUT2D eigenvalue weighted by Crippen LogP contribution is -2.06. The van der Waals surface area contributed by atoms with Gasteiger partial charge in [-0.2, -0.15) is 0 Å². The molecule has 0 fully saturated rings. The van der Waals surface area contributed by atoms with Crippen molar-refractivity contribution < 1.29 is 9.53 Å². The quantitative estimate of drug-likeness (QED) is 0.437.